The van der Waals surface area contributed by atoms with Gasteiger partial charge in [0.15, 0.2) is 0 Å². The zero-order valence-electron chi connectivity index (χ0n) is 11.7. The Hall–Kier alpha value is -1.27. The lowest BCUT2D eigenvalue weighted by Gasteiger charge is -1.99. The summed E-state index contributed by atoms with van der Waals surface area (Å²) < 4.78 is 5.69. The van der Waals surface area contributed by atoms with Crippen molar-refractivity contribution in [3.8, 4) is 10.8 Å². The van der Waals surface area contributed by atoms with Gasteiger partial charge in [0.1, 0.15) is 4.88 Å². The van der Waals surface area contributed by atoms with Crippen molar-refractivity contribution in [2.24, 2.45) is 0 Å². The SMILES string of the molecule is CCCNCCCc1nnc(-c2sc(C)nc2C)o1. The molecule has 6 heteroatoms. The number of aryl methyl sites for hydroxylation is 3. The summed E-state index contributed by atoms with van der Waals surface area (Å²) in [6.45, 7) is 8.17. The average Bonchev–Trinajstić information content (AvgIpc) is 2.95. The zero-order chi connectivity index (χ0) is 13.7. The monoisotopic (exact) mass is 280 g/mol. The topological polar surface area (TPSA) is 63.8 Å². The van der Waals surface area contributed by atoms with Gasteiger partial charge in [-0.2, -0.15) is 0 Å². The summed E-state index contributed by atoms with van der Waals surface area (Å²) in [7, 11) is 0. The first-order valence-electron chi connectivity index (χ1n) is 6.68. The van der Waals surface area contributed by atoms with Gasteiger partial charge in [0, 0.05) is 6.42 Å². The van der Waals surface area contributed by atoms with Gasteiger partial charge in [-0.15, -0.1) is 21.5 Å². The van der Waals surface area contributed by atoms with Gasteiger partial charge < -0.3 is 9.73 Å². The van der Waals surface area contributed by atoms with Gasteiger partial charge in [-0.1, -0.05) is 6.92 Å². The first-order chi connectivity index (χ1) is 9.20. The molecule has 0 atom stereocenters. The van der Waals surface area contributed by atoms with Crippen LogP contribution >= 0.6 is 11.3 Å². The Morgan fingerprint density at radius 1 is 1.21 bits per heavy atom. The molecule has 0 amide bonds. The maximum absolute atomic E-state index is 5.69. The van der Waals surface area contributed by atoms with Crippen LogP contribution in [0, 0.1) is 13.8 Å². The molecule has 0 aliphatic heterocycles. The number of hydrogen-bond donors (Lipinski definition) is 1. The van der Waals surface area contributed by atoms with Gasteiger partial charge in [0.25, 0.3) is 5.89 Å². The van der Waals surface area contributed by atoms with Crippen molar-refractivity contribution >= 4 is 11.3 Å². The van der Waals surface area contributed by atoms with Crippen LogP contribution in [0.25, 0.3) is 10.8 Å². The number of aromatic nitrogens is 3. The molecule has 0 saturated carbocycles. The fourth-order valence-electron chi connectivity index (χ4n) is 1.84. The maximum atomic E-state index is 5.69. The van der Waals surface area contributed by atoms with Crippen LogP contribution in [-0.2, 0) is 6.42 Å². The molecule has 0 spiro atoms. The molecule has 2 aromatic rings. The lowest BCUT2D eigenvalue weighted by molar-refractivity contribution is 0.491. The maximum Gasteiger partial charge on any atom is 0.259 e. The highest BCUT2D eigenvalue weighted by atomic mass is 32.1. The molecule has 0 bridgehead atoms. The summed E-state index contributed by atoms with van der Waals surface area (Å²) in [6, 6.07) is 0. The van der Waals surface area contributed by atoms with Crippen molar-refractivity contribution in [2.75, 3.05) is 13.1 Å². The Kier molecular flexibility index (Phi) is 5.04. The summed E-state index contributed by atoms with van der Waals surface area (Å²) in [4.78, 5) is 5.36. The Morgan fingerprint density at radius 3 is 2.74 bits per heavy atom. The van der Waals surface area contributed by atoms with Gasteiger partial charge in [-0.25, -0.2) is 4.98 Å². The molecule has 1 N–H and O–H groups in total. The summed E-state index contributed by atoms with van der Waals surface area (Å²) in [6.07, 6.45) is 3.00. The highest BCUT2D eigenvalue weighted by molar-refractivity contribution is 7.15. The predicted octanol–water partition coefficient (Wildman–Crippen LogP) is 2.74. The molecule has 0 unspecified atom stereocenters. The second-order valence-corrected chi connectivity index (χ2v) is 5.71. The van der Waals surface area contributed by atoms with E-state index in [-0.39, 0.29) is 0 Å². The van der Waals surface area contributed by atoms with E-state index >= 15 is 0 Å². The summed E-state index contributed by atoms with van der Waals surface area (Å²) >= 11 is 1.60. The molecule has 2 aromatic heterocycles. The minimum Gasteiger partial charge on any atom is -0.420 e. The van der Waals surface area contributed by atoms with Gasteiger partial charge in [-0.3, -0.25) is 0 Å². The van der Waals surface area contributed by atoms with Crippen LogP contribution in [0.15, 0.2) is 4.42 Å². The van der Waals surface area contributed by atoms with Gasteiger partial charge in [0.2, 0.25) is 5.89 Å². The van der Waals surface area contributed by atoms with Crippen LogP contribution in [-0.4, -0.2) is 28.3 Å². The van der Waals surface area contributed by atoms with E-state index in [1.165, 1.54) is 0 Å². The largest absolute Gasteiger partial charge is 0.420 e. The summed E-state index contributed by atoms with van der Waals surface area (Å²) in [5.74, 6) is 1.30. The third-order valence-electron chi connectivity index (χ3n) is 2.74. The molecule has 0 fully saturated rings. The molecule has 0 saturated heterocycles. The van der Waals surface area contributed by atoms with Crippen molar-refractivity contribution in [3.63, 3.8) is 0 Å². The van der Waals surface area contributed by atoms with Crippen LogP contribution in [0.4, 0.5) is 0 Å². The molecular formula is C13H20N4OS. The molecule has 2 heterocycles. The van der Waals surface area contributed by atoms with E-state index < -0.39 is 0 Å². The molecule has 104 valence electrons. The normalized spacial score (nSPS) is 11.1. The van der Waals surface area contributed by atoms with Crippen molar-refractivity contribution in [3.05, 3.63) is 16.6 Å². The smallest absolute Gasteiger partial charge is 0.259 e. The third kappa shape index (κ3) is 3.84. The number of rotatable bonds is 7. The van der Waals surface area contributed by atoms with E-state index in [2.05, 4.69) is 27.4 Å². The second-order valence-electron chi connectivity index (χ2n) is 4.50. The van der Waals surface area contributed by atoms with Crippen molar-refractivity contribution in [2.45, 2.75) is 40.0 Å². The number of hydrogen-bond acceptors (Lipinski definition) is 6. The minimum atomic E-state index is 0.597. The molecule has 0 aliphatic rings. The van der Waals surface area contributed by atoms with Crippen LogP contribution in [0.1, 0.15) is 36.4 Å². The Balaban J connectivity index is 1.90. The molecule has 2 rings (SSSR count). The van der Waals surface area contributed by atoms with Crippen molar-refractivity contribution in [1.29, 1.82) is 0 Å². The van der Waals surface area contributed by atoms with Crippen molar-refractivity contribution < 1.29 is 4.42 Å². The standard InChI is InChI=1S/C13H20N4OS/c1-4-7-14-8-5-6-11-16-17-13(18-11)12-9(2)15-10(3)19-12/h14H,4-8H2,1-3H3. The quantitative estimate of drug-likeness (QED) is 0.790. The Labute approximate surface area is 117 Å². The Morgan fingerprint density at radius 2 is 2.05 bits per heavy atom. The number of thiazole rings is 1. The third-order valence-corrected chi connectivity index (χ3v) is 3.80. The van der Waals surface area contributed by atoms with E-state index in [9.17, 15) is 0 Å². The van der Waals surface area contributed by atoms with E-state index in [0.29, 0.717) is 11.8 Å². The number of nitrogens with one attached hydrogen (secondary N) is 1. The van der Waals surface area contributed by atoms with Gasteiger partial charge in [-0.05, 0) is 39.8 Å². The lowest BCUT2D eigenvalue weighted by Crippen LogP contribution is -2.16. The van der Waals surface area contributed by atoms with Crippen LogP contribution in [0.3, 0.4) is 0 Å². The first-order valence-corrected chi connectivity index (χ1v) is 7.50. The van der Waals surface area contributed by atoms with Crippen molar-refractivity contribution in [1.82, 2.24) is 20.5 Å². The lowest BCUT2D eigenvalue weighted by atomic mass is 10.3. The molecular weight excluding hydrogens is 260 g/mol. The average molecular weight is 280 g/mol. The fraction of sp³-hybridized carbons (Fsp3) is 0.615. The highest BCUT2D eigenvalue weighted by Gasteiger charge is 2.14. The number of nitrogens with zero attached hydrogens (tertiary/aromatic N) is 3. The van der Waals surface area contributed by atoms with E-state index in [1.54, 1.807) is 11.3 Å². The van der Waals surface area contributed by atoms with Gasteiger partial charge in [0.05, 0.1) is 10.7 Å². The molecule has 5 nitrogen and oxygen atoms in total. The van der Waals surface area contributed by atoms with E-state index in [1.807, 2.05) is 13.8 Å². The van der Waals surface area contributed by atoms with Crippen LogP contribution in [0.5, 0.6) is 0 Å². The Bertz CT molecular complexity index is 520. The zero-order valence-corrected chi connectivity index (χ0v) is 12.5. The fourth-order valence-corrected chi connectivity index (χ4v) is 2.68. The van der Waals surface area contributed by atoms with Crippen LogP contribution in [0.2, 0.25) is 0 Å². The molecule has 0 aromatic carbocycles. The predicted molar refractivity (Wildman–Crippen MR) is 76.4 cm³/mol. The second kappa shape index (κ2) is 6.77. The molecule has 0 radical (unpaired) electrons. The summed E-state index contributed by atoms with van der Waals surface area (Å²) in [5, 5.41) is 12.6. The van der Waals surface area contributed by atoms with Gasteiger partial charge >= 0.3 is 0 Å². The summed E-state index contributed by atoms with van der Waals surface area (Å²) in [5.41, 5.74) is 0.960. The minimum absolute atomic E-state index is 0.597. The molecule has 19 heavy (non-hydrogen) atoms. The molecule has 0 aliphatic carbocycles. The van der Waals surface area contributed by atoms with E-state index in [4.69, 9.17) is 4.42 Å². The van der Waals surface area contributed by atoms with E-state index in [0.717, 1.165) is 47.9 Å². The highest BCUT2D eigenvalue weighted by Crippen LogP contribution is 2.28. The van der Waals surface area contributed by atoms with Crippen LogP contribution < -0.4 is 5.32 Å². The first kappa shape index (κ1) is 14.1.